The predicted molar refractivity (Wildman–Crippen MR) is 76.1 cm³/mol. The Balaban J connectivity index is 2.32. The number of hydrogen-bond donors (Lipinski definition) is 1. The van der Waals surface area contributed by atoms with Gasteiger partial charge in [0.1, 0.15) is 5.82 Å². The lowest BCUT2D eigenvalue weighted by atomic mass is 10.2. The predicted octanol–water partition coefficient (Wildman–Crippen LogP) is 3.39. The SMILES string of the molecule is COc1cc(Sc2ccc(CO)cc2)c(F)cc1[N+](=O)[O-]. The molecule has 7 heteroatoms. The molecular formula is C14H12FNO4S. The highest BCUT2D eigenvalue weighted by Gasteiger charge is 2.19. The molecule has 0 aliphatic heterocycles. The van der Waals surface area contributed by atoms with Crippen LogP contribution in [0.3, 0.4) is 0 Å². The monoisotopic (exact) mass is 309 g/mol. The van der Waals surface area contributed by atoms with E-state index in [4.69, 9.17) is 9.84 Å². The minimum atomic E-state index is -0.688. The molecule has 2 rings (SSSR count). The van der Waals surface area contributed by atoms with E-state index in [1.54, 1.807) is 24.3 Å². The zero-order valence-electron chi connectivity index (χ0n) is 11.1. The smallest absolute Gasteiger partial charge is 0.313 e. The van der Waals surface area contributed by atoms with E-state index >= 15 is 0 Å². The second-order valence-corrected chi connectivity index (χ2v) is 5.23. The minimum Gasteiger partial charge on any atom is -0.490 e. The van der Waals surface area contributed by atoms with E-state index in [0.717, 1.165) is 28.3 Å². The lowest BCUT2D eigenvalue weighted by molar-refractivity contribution is -0.386. The van der Waals surface area contributed by atoms with Crippen LogP contribution in [0.25, 0.3) is 0 Å². The van der Waals surface area contributed by atoms with Gasteiger partial charge in [-0.25, -0.2) is 4.39 Å². The number of aliphatic hydroxyl groups excluding tert-OH is 1. The average molecular weight is 309 g/mol. The zero-order chi connectivity index (χ0) is 15.4. The zero-order valence-corrected chi connectivity index (χ0v) is 11.9. The summed E-state index contributed by atoms with van der Waals surface area (Å²) in [6.07, 6.45) is 0. The number of halogens is 1. The first-order valence-electron chi connectivity index (χ1n) is 5.94. The fourth-order valence-corrected chi connectivity index (χ4v) is 2.55. The molecule has 0 heterocycles. The second-order valence-electron chi connectivity index (χ2n) is 4.12. The number of nitro groups is 1. The van der Waals surface area contributed by atoms with E-state index < -0.39 is 16.4 Å². The molecule has 0 spiro atoms. The largest absolute Gasteiger partial charge is 0.490 e. The highest BCUT2D eigenvalue weighted by atomic mass is 32.2. The molecule has 2 aromatic rings. The van der Waals surface area contributed by atoms with Gasteiger partial charge in [0.15, 0.2) is 5.75 Å². The maximum Gasteiger partial charge on any atom is 0.313 e. The molecule has 21 heavy (non-hydrogen) atoms. The number of ether oxygens (including phenoxy) is 1. The van der Waals surface area contributed by atoms with Crippen molar-refractivity contribution >= 4 is 17.4 Å². The number of aliphatic hydroxyl groups is 1. The number of hydrogen-bond acceptors (Lipinski definition) is 5. The summed E-state index contributed by atoms with van der Waals surface area (Å²) in [5.74, 6) is -0.672. The van der Waals surface area contributed by atoms with Crippen molar-refractivity contribution < 1.29 is 19.2 Å². The van der Waals surface area contributed by atoms with Gasteiger partial charge in [-0.3, -0.25) is 10.1 Å². The van der Waals surface area contributed by atoms with Crippen molar-refractivity contribution in [3.63, 3.8) is 0 Å². The molecular weight excluding hydrogens is 297 g/mol. The molecule has 0 saturated heterocycles. The van der Waals surface area contributed by atoms with Crippen LogP contribution in [0.15, 0.2) is 46.2 Å². The van der Waals surface area contributed by atoms with Crippen LogP contribution >= 0.6 is 11.8 Å². The van der Waals surface area contributed by atoms with Crippen LogP contribution in [0.1, 0.15) is 5.56 Å². The van der Waals surface area contributed by atoms with Crippen molar-refractivity contribution in [3.05, 3.63) is 57.9 Å². The molecule has 0 unspecified atom stereocenters. The van der Waals surface area contributed by atoms with E-state index in [2.05, 4.69) is 0 Å². The Hall–Kier alpha value is -2.12. The molecule has 5 nitrogen and oxygen atoms in total. The Morgan fingerprint density at radius 3 is 2.52 bits per heavy atom. The molecule has 0 radical (unpaired) electrons. The first kappa shape index (κ1) is 15.3. The van der Waals surface area contributed by atoms with Gasteiger partial charge in [-0.1, -0.05) is 23.9 Å². The van der Waals surface area contributed by atoms with Gasteiger partial charge in [0.25, 0.3) is 0 Å². The van der Waals surface area contributed by atoms with Crippen molar-refractivity contribution in [2.45, 2.75) is 16.4 Å². The van der Waals surface area contributed by atoms with E-state index in [1.807, 2.05) is 0 Å². The molecule has 0 fully saturated rings. The van der Waals surface area contributed by atoms with Gasteiger partial charge in [0, 0.05) is 11.0 Å². The lowest BCUT2D eigenvalue weighted by Crippen LogP contribution is -1.96. The normalized spacial score (nSPS) is 10.4. The summed E-state index contributed by atoms with van der Waals surface area (Å²) in [5.41, 5.74) is 0.344. The third-order valence-electron chi connectivity index (χ3n) is 2.76. The summed E-state index contributed by atoms with van der Waals surface area (Å²) in [5, 5.41) is 19.8. The molecule has 110 valence electrons. The van der Waals surface area contributed by atoms with Crippen molar-refractivity contribution in [2.75, 3.05) is 7.11 Å². The van der Waals surface area contributed by atoms with Gasteiger partial charge < -0.3 is 9.84 Å². The number of rotatable bonds is 5. The molecule has 0 saturated carbocycles. The molecule has 2 aromatic carbocycles. The van der Waals surface area contributed by atoms with Gasteiger partial charge in [0.05, 0.1) is 29.6 Å². The summed E-state index contributed by atoms with van der Waals surface area (Å²) >= 11 is 1.12. The summed E-state index contributed by atoms with van der Waals surface area (Å²) in [7, 11) is 1.30. The first-order chi connectivity index (χ1) is 10.0. The van der Waals surface area contributed by atoms with Crippen molar-refractivity contribution in [1.29, 1.82) is 0 Å². The summed E-state index contributed by atoms with van der Waals surface area (Å²) < 4.78 is 18.9. The first-order valence-corrected chi connectivity index (χ1v) is 6.76. The molecule has 0 aromatic heterocycles. The molecule has 0 aliphatic carbocycles. The van der Waals surface area contributed by atoms with Crippen LogP contribution in [0.2, 0.25) is 0 Å². The van der Waals surface area contributed by atoms with Gasteiger partial charge >= 0.3 is 5.69 Å². The minimum absolute atomic E-state index is 0.0101. The maximum atomic E-state index is 13.9. The second kappa shape index (κ2) is 6.55. The van der Waals surface area contributed by atoms with Crippen molar-refractivity contribution in [3.8, 4) is 5.75 Å². The number of nitro benzene ring substituents is 1. The Morgan fingerprint density at radius 1 is 1.33 bits per heavy atom. The summed E-state index contributed by atoms with van der Waals surface area (Å²) in [6.45, 7) is -0.0648. The Kier molecular flexibility index (Phi) is 4.77. The van der Waals surface area contributed by atoms with Crippen molar-refractivity contribution in [2.24, 2.45) is 0 Å². The molecule has 0 amide bonds. The van der Waals surface area contributed by atoms with Crippen LogP contribution in [0.5, 0.6) is 5.75 Å². The van der Waals surface area contributed by atoms with Crippen LogP contribution in [0.4, 0.5) is 10.1 Å². The highest BCUT2D eigenvalue weighted by molar-refractivity contribution is 7.99. The van der Waals surface area contributed by atoms with Gasteiger partial charge in [-0.05, 0) is 17.7 Å². The van der Waals surface area contributed by atoms with Crippen LogP contribution in [0, 0.1) is 15.9 Å². The molecule has 0 bridgehead atoms. The third-order valence-corrected chi connectivity index (χ3v) is 3.80. The van der Waals surface area contributed by atoms with Gasteiger partial charge in [-0.15, -0.1) is 0 Å². The molecule has 0 atom stereocenters. The molecule has 0 aliphatic rings. The number of benzene rings is 2. The van der Waals surface area contributed by atoms with E-state index in [9.17, 15) is 14.5 Å². The average Bonchev–Trinajstić information content (AvgIpc) is 2.49. The number of methoxy groups -OCH3 is 1. The molecule has 1 N–H and O–H groups in total. The fraction of sp³-hybridized carbons (Fsp3) is 0.143. The Bertz CT molecular complexity index is 661. The van der Waals surface area contributed by atoms with E-state index in [-0.39, 0.29) is 17.3 Å². The standard InChI is InChI=1S/C14H12FNO4S/c1-20-13-7-14(11(15)6-12(13)16(18)19)21-10-4-2-9(8-17)3-5-10/h2-7,17H,8H2,1H3. The number of nitrogens with zero attached hydrogens (tertiary/aromatic N) is 1. The summed E-state index contributed by atoms with van der Waals surface area (Å²) in [6, 6.07) is 9.08. The quantitative estimate of drug-likeness (QED) is 0.677. The van der Waals surface area contributed by atoms with Crippen LogP contribution in [-0.2, 0) is 6.61 Å². The van der Waals surface area contributed by atoms with Crippen molar-refractivity contribution in [1.82, 2.24) is 0 Å². The third kappa shape index (κ3) is 3.50. The topological polar surface area (TPSA) is 72.6 Å². The van der Waals surface area contributed by atoms with E-state index in [1.165, 1.54) is 13.2 Å². The Labute approximate surface area is 124 Å². The summed E-state index contributed by atoms with van der Waals surface area (Å²) in [4.78, 5) is 11.1. The van der Waals surface area contributed by atoms with Gasteiger partial charge in [0.2, 0.25) is 0 Å². The highest BCUT2D eigenvalue weighted by Crippen LogP contribution is 2.37. The Morgan fingerprint density at radius 2 is 2.00 bits per heavy atom. The van der Waals surface area contributed by atoms with Gasteiger partial charge in [-0.2, -0.15) is 0 Å². The van der Waals surface area contributed by atoms with E-state index in [0.29, 0.717) is 0 Å². The lowest BCUT2D eigenvalue weighted by Gasteiger charge is -2.07. The van der Waals surface area contributed by atoms with Crippen LogP contribution in [-0.4, -0.2) is 17.1 Å². The fourth-order valence-electron chi connectivity index (χ4n) is 1.70. The van der Waals surface area contributed by atoms with Crippen LogP contribution < -0.4 is 4.74 Å². The maximum absolute atomic E-state index is 13.9.